The highest BCUT2D eigenvalue weighted by Crippen LogP contribution is 2.06. The van der Waals surface area contributed by atoms with Gasteiger partial charge in [-0.05, 0) is 31.4 Å². The summed E-state index contributed by atoms with van der Waals surface area (Å²) in [5.74, 6) is -0.296. The van der Waals surface area contributed by atoms with Gasteiger partial charge in [0.2, 0.25) is 0 Å². The van der Waals surface area contributed by atoms with Crippen molar-refractivity contribution in [1.29, 1.82) is 0 Å². The van der Waals surface area contributed by atoms with E-state index < -0.39 is 0 Å². The molecule has 0 spiro atoms. The average molecular weight is 236 g/mol. The number of hydrogen-bond donors (Lipinski definition) is 1. The van der Waals surface area contributed by atoms with E-state index >= 15 is 0 Å². The second-order valence-corrected chi connectivity index (χ2v) is 4.09. The van der Waals surface area contributed by atoms with Gasteiger partial charge in [0, 0.05) is 0 Å². The molecule has 1 N–H and O–H groups in total. The van der Waals surface area contributed by atoms with Gasteiger partial charge in [-0.2, -0.15) is 0 Å². The van der Waals surface area contributed by atoms with Crippen molar-refractivity contribution >= 4 is 5.97 Å². The SMILES string of the molecule is CCCC(O)CCCOC(=O)c1ccccc1. The van der Waals surface area contributed by atoms with Gasteiger partial charge in [-0.25, -0.2) is 4.79 Å². The lowest BCUT2D eigenvalue weighted by Gasteiger charge is -2.09. The van der Waals surface area contributed by atoms with Crippen molar-refractivity contribution in [2.24, 2.45) is 0 Å². The number of hydrogen-bond acceptors (Lipinski definition) is 3. The van der Waals surface area contributed by atoms with Gasteiger partial charge in [0.15, 0.2) is 0 Å². The first-order valence-electron chi connectivity index (χ1n) is 6.14. The molecular formula is C14H20O3. The molecule has 0 heterocycles. The molecule has 0 aromatic heterocycles. The van der Waals surface area contributed by atoms with Crippen LogP contribution in [0.1, 0.15) is 43.0 Å². The van der Waals surface area contributed by atoms with Gasteiger partial charge in [-0.3, -0.25) is 0 Å². The van der Waals surface area contributed by atoms with Crippen LogP contribution in [0.25, 0.3) is 0 Å². The maximum absolute atomic E-state index is 11.5. The van der Waals surface area contributed by atoms with Crippen LogP contribution in [-0.4, -0.2) is 23.8 Å². The summed E-state index contributed by atoms with van der Waals surface area (Å²) in [4.78, 5) is 11.5. The molecule has 3 heteroatoms. The van der Waals surface area contributed by atoms with Crippen LogP contribution >= 0.6 is 0 Å². The summed E-state index contributed by atoms with van der Waals surface area (Å²) in [5, 5.41) is 9.49. The molecule has 0 radical (unpaired) electrons. The zero-order valence-electron chi connectivity index (χ0n) is 10.3. The van der Waals surface area contributed by atoms with Gasteiger partial charge in [-0.15, -0.1) is 0 Å². The van der Waals surface area contributed by atoms with Gasteiger partial charge in [0.25, 0.3) is 0 Å². The van der Waals surface area contributed by atoms with Crippen LogP contribution in [0, 0.1) is 0 Å². The molecule has 3 nitrogen and oxygen atoms in total. The van der Waals surface area contributed by atoms with Gasteiger partial charge in [0.05, 0.1) is 18.3 Å². The summed E-state index contributed by atoms with van der Waals surface area (Å²) >= 11 is 0. The summed E-state index contributed by atoms with van der Waals surface area (Å²) in [6.07, 6.45) is 2.92. The van der Waals surface area contributed by atoms with Crippen LogP contribution in [0.4, 0.5) is 0 Å². The first kappa shape index (κ1) is 13.7. The van der Waals surface area contributed by atoms with E-state index in [0.717, 1.165) is 12.8 Å². The highest BCUT2D eigenvalue weighted by molar-refractivity contribution is 5.89. The number of rotatable bonds is 7. The summed E-state index contributed by atoms with van der Waals surface area (Å²) in [6, 6.07) is 8.93. The molecule has 0 saturated carbocycles. The molecule has 17 heavy (non-hydrogen) atoms. The number of aliphatic hydroxyl groups excluding tert-OH is 1. The molecule has 0 saturated heterocycles. The van der Waals surface area contributed by atoms with E-state index in [9.17, 15) is 9.90 Å². The van der Waals surface area contributed by atoms with Crippen molar-refractivity contribution in [2.75, 3.05) is 6.61 Å². The number of benzene rings is 1. The second kappa shape index (κ2) is 7.85. The minimum atomic E-state index is -0.296. The molecule has 0 bridgehead atoms. The summed E-state index contributed by atoms with van der Waals surface area (Å²) in [7, 11) is 0. The molecule has 94 valence electrons. The molecule has 1 atom stereocenters. The van der Waals surface area contributed by atoms with Gasteiger partial charge >= 0.3 is 5.97 Å². The molecule has 1 rings (SSSR count). The second-order valence-electron chi connectivity index (χ2n) is 4.09. The van der Waals surface area contributed by atoms with Crippen molar-refractivity contribution in [3.8, 4) is 0 Å². The zero-order chi connectivity index (χ0) is 12.5. The lowest BCUT2D eigenvalue weighted by atomic mass is 10.1. The predicted octanol–water partition coefficient (Wildman–Crippen LogP) is 2.78. The summed E-state index contributed by atoms with van der Waals surface area (Å²) in [6.45, 7) is 2.41. The normalized spacial score (nSPS) is 12.1. The lowest BCUT2D eigenvalue weighted by molar-refractivity contribution is 0.0474. The maximum Gasteiger partial charge on any atom is 0.338 e. The molecule has 1 aromatic rings. The summed E-state index contributed by atoms with van der Waals surface area (Å²) < 4.78 is 5.11. The Morgan fingerprint density at radius 2 is 2.00 bits per heavy atom. The summed E-state index contributed by atoms with van der Waals surface area (Å²) in [5.41, 5.74) is 0.571. The van der Waals surface area contributed by atoms with Crippen LogP contribution in [-0.2, 0) is 4.74 Å². The van der Waals surface area contributed by atoms with Gasteiger partial charge in [-0.1, -0.05) is 31.5 Å². The molecule has 0 amide bonds. The highest BCUT2D eigenvalue weighted by Gasteiger charge is 2.06. The number of carbonyl (C=O) groups excluding carboxylic acids is 1. The van der Waals surface area contributed by atoms with Crippen molar-refractivity contribution in [3.63, 3.8) is 0 Å². The quantitative estimate of drug-likeness (QED) is 0.585. The van der Waals surface area contributed by atoms with Crippen molar-refractivity contribution < 1.29 is 14.6 Å². The molecule has 0 aliphatic carbocycles. The monoisotopic (exact) mass is 236 g/mol. The fourth-order valence-corrected chi connectivity index (χ4v) is 1.62. The molecule has 0 aliphatic rings. The van der Waals surface area contributed by atoms with Crippen LogP contribution in [0.2, 0.25) is 0 Å². The van der Waals surface area contributed by atoms with E-state index in [1.807, 2.05) is 25.1 Å². The maximum atomic E-state index is 11.5. The number of aliphatic hydroxyl groups is 1. The van der Waals surface area contributed by atoms with Crippen molar-refractivity contribution in [2.45, 2.75) is 38.7 Å². The third-order valence-corrected chi connectivity index (χ3v) is 2.55. The van der Waals surface area contributed by atoms with E-state index in [4.69, 9.17) is 4.74 Å². The van der Waals surface area contributed by atoms with Crippen molar-refractivity contribution in [3.05, 3.63) is 35.9 Å². The van der Waals surface area contributed by atoms with E-state index in [2.05, 4.69) is 0 Å². The fourth-order valence-electron chi connectivity index (χ4n) is 1.62. The zero-order valence-corrected chi connectivity index (χ0v) is 10.3. The van der Waals surface area contributed by atoms with Crippen LogP contribution in [0.5, 0.6) is 0 Å². The van der Waals surface area contributed by atoms with Crippen LogP contribution < -0.4 is 0 Å². The standard InChI is InChI=1S/C14H20O3/c1-2-7-13(15)10-6-11-17-14(16)12-8-4-3-5-9-12/h3-5,8-9,13,15H,2,6-7,10-11H2,1H3. The Labute approximate surface area is 102 Å². The molecule has 0 fully saturated rings. The minimum absolute atomic E-state index is 0.268. The van der Waals surface area contributed by atoms with Gasteiger partial charge < -0.3 is 9.84 Å². The molecule has 1 aromatic carbocycles. The fraction of sp³-hybridized carbons (Fsp3) is 0.500. The van der Waals surface area contributed by atoms with Crippen LogP contribution in [0.3, 0.4) is 0 Å². The first-order chi connectivity index (χ1) is 8.24. The Balaban J connectivity index is 2.17. The minimum Gasteiger partial charge on any atom is -0.462 e. The Hall–Kier alpha value is -1.35. The Bertz CT molecular complexity index is 321. The predicted molar refractivity (Wildman–Crippen MR) is 66.9 cm³/mol. The number of ether oxygens (including phenoxy) is 1. The number of carbonyl (C=O) groups is 1. The topological polar surface area (TPSA) is 46.5 Å². The molecular weight excluding hydrogens is 216 g/mol. The third-order valence-electron chi connectivity index (χ3n) is 2.55. The highest BCUT2D eigenvalue weighted by atomic mass is 16.5. The van der Waals surface area contributed by atoms with Crippen LogP contribution in [0.15, 0.2) is 30.3 Å². The largest absolute Gasteiger partial charge is 0.462 e. The van der Waals surface area contributed by atoms with E-state index in [1.54, 1.807) is 12.1 Å². The molecule has 0 aliphatic heterocycles. The Kier molecular flexibility index (Phi) is 6.33. The smallest absolute Gasteiger partial charge is 0.338 e. The van der Waals surface area contributed by atoms with Crippen molar-refractivity contribution in [1.82, 2.24) is 0 Å². The van der Waals surface area contributed by atoms with E-state index in [-0.39, 0.29) is 12.1 Å². The van der Waals surface area contributed by atoms with E-state index in [0.29, 0.717) is 25.0 Å². The Morgan fingerprint density at radius 1 is 1.29 bits per heavy atom. The average Bonchev–Trinajstić information content (AvgIpc) is 2.36. The van der Waals surface area contributed by atoms with E-state index in [1.165, 1.54) is 0 Å². The molecule has 1 unspecified atom stereocenters. The third kappa shape index (κ3) is 5.50. The first-order valence-corrected chi connectivity index (χ1v) is 6.14. The lowest BCUT2D eigenvalue weighted by Crippen LogP contribution is -2.10. The van der Waals surface area contributed by atoms with Gasteiger partial charge in [0.1, 0.15) is 0 Å². The number of esters is 1. The Morgan fingerprint density at radius 3 is 2.65 bits per heavy atom.